The van der Waals surface area contributed by atoms with Crippen molar-refractivity contribution in [3.63, 3.8) is 0 Å². The van der Waals surface area contributed by atoms with Crippen LogP contribution in [0.1, 0.15) is 15.9 Å². The molecular formula is C17H16O5. The zero-order chi connectivity index (χ0) is 16.1. The first-order valence-electron chi connectivity index (χ1n) is 6.51. The molecule has 0 atom stereocenters. The molecule has 0 heterocycles. The van der Waals surface area contributed by atoms with Gasteiger partial charge < -0.3 is 19.7 Å². The zero-order valence-corrected chi connectivity index (χ0v) is 12.2. The number of phenols is 2. The van der Waals surface area contributed by atoms with Crippen LogP contribution in [0.25, 0.3) is 6.08 Å². The SMILES string of the molecule is COc1ccc(C=CC(=O)c2c(O)cc(OC)cc2O)cc1. The van der Waals surface area contributed by atoms with Crippen LogP contribution < -0.4 is 9.47 Å². The van der Waals surface area contributed by atoms with Crippen LogP contribution in [0.4, 0.5) is 0 Å². The highest BCUT2D eigenvalue weighted by atomic mass is 16.5. The van der Waals surface area contributed by atoms with Crippen molar-refractivity contribution in [2.75, 3.05) is 14.2 Å². The monoisotopic (exact) mass is 300 g/mol. The van der Waals surface area contributed by atoms with Gasteiger partial charge in [-0.2, -0.15) is 0 Å². The van der Waals surface area contributed by atoms with E-state index in [1.54, 1.807) is 37.5 Å². The number of phenolic OH excluding ortho intramolecular Hbond substituents is 2. The van der Waals surface area contributed by atoms with Crippen molar-refractivity contribution in [3.05, 3.63) is 53.6 Å². The van der Waals surface area contributed by atoms with E-state index in [-0.39, 0.29) is 22.8 Å². The van der Waals surface area contributed by atoms with Crippen LogP contribution in [0, 0.1) is 0 Å². The number of allylic oxidation sites excluding steroid dienone is 1. The molecule has 0 saturated carbocycles. The van der Waals surface area contributed by atoms with E-state index in [4.69, 9.17) is 9.47 Å². The Morgan fingerprint density at radius 3 is 2.00 bits per heavy atom. The van der Waals surface area contributed by atoms with Crippen LogP contribution in [0.5, 0.6) is 23.0 Å². The summed E-state index contributed by atoms with van der Waals surface area (Å²) >= 11 is 0. The van der Waals surface area contributed by atoms with E-state index in [2.05, 4.69) is 0 Å². The maximum absolute atomic E-state index is 12.1. The van der Waals surface area contributed by atoms with Crippen molar-refractivity contribution in [1.82, 2.24) is 0 Å². The third-order valence-electron chi connectivity index (χ3n) is 3.10. The van der Waals surface area contributed by atoms with Gasteiger partial charge in [-0.05, 0) is 23.8 Å². The molecule has 0 amide bonds. The highest BCUT2D eigenvalue weighted by Crippen LogP contribution is 2.33. The quantitative estimate of drug-likeness (QED) is 0.655. The Morgan fingerprint density at radius 2 is 1.50 bits per heavy atom. The standard InChI is InChI=1S/C17H16O5/c1-21-12-6-3-11(4-7-12)5-8-14(18)17-15(19)9-13(22-2)10-16(17)20/h3-10,19-20H,1-2H3. The van der Waals surface area contributed by atoms with Crippen molar-refractivity contribution in [2.45, 2.75) is 0 Å². The van der Waals surface area contributed by atoms with E-state index in [0.717, 1.165) is 5.56 Å². The third-order valence-corrected chi connectivity index (χ3v) is 3.10. The molecule has 0 saturated heterocycles. The number of hydrogen-bond acceptors (Lipinski definition) is 5. The van der Waals surface area contributed by atoms with Crippen molar-refractivity contribution in [1.29, 1.82) is 0 Å². The fourth-order valence-corrected chi connectivity index (χ4v) is 1.93. The molecule has 0 aromatic heterocycles. The lowest BCUT2D eigenvalue weighted by atomic mass is 10.1. The van der Waals surface area contributed by atoms with Crippen molar-refractivity contribution in [3.8, 4) is 23.0 Å². The lowest BCUT2D eigenvalue weighted by molar-refractivity contribution is 0.104. The Labute approximate surface area is 128 Å². The van der Waals surface area contributed by atoms with Gasteiger partial charge in [0, 0.05) is 12.1 Å². The summed E-state index contributed by atoms with van der Waals surface area (Å²) in [6.07, 6.45) is 2.87. The number of rotatable bonds is 5. The van der Waals surface area contributed by atoms with Gasteiger partial charge in [-0.3, -0.25) is 4.79 Å². The van der Waals surface area contributed by atoms with Crippen LogP contribution in [-0.4, -0.2) is 30.2 Å². The molecule has 5 heteroatoms. The fraction of sp³-hybridized carbons (Fsp3) is 0.118. The fourth-order valence-electron chi connectivity index (χ4n) is 1.93. The summed E-state index contributed by atoms with van der Waals surface area (Å²) in [4.78, 5) is 12.1. The van der Waals surface area contributed by atoms with Gasteiger partial charge in [-0.25, -0.2) is 0 Å². The highest BCUT2D eigenvalue weighted by molar-refractivity contribution is 6.10. The lowest BCUT2D eigenvalue weighted by Crippen LogP contribution is -1.97. The van der Waals surface area contributed by atoms with Gasteiger partial charge >= 0.3 is 0 Å². The maximum atomic E-state index is 12.1. The summed E-state index contributed by atoms with van der Waals surface area (Å²) < 4.78 is 9.95. The van der Waals surface area contributed by atoms with E-state index < -0.39 is 5.78 Å². The number of aromatic hydroxyl groups is 2. The maximum Gasteiger partial charge on any atom is 0.193 e. The molecule has 2 N–H and O–H groups in total. The smallest absolute Gasteiger partial charge is 0.193 e. The first-order chi connectivity index (χ1) is 10.5. The number of ketones is 1. The second-order valence-corrected chi connectivity index (χ2v) is 4.51. The second-order valence-electron chi connectivity index (χ2n) is 4.51. The van der Waals surface area contributed by atoms with Crippen LogP contribution in [0.15, 0.2) is 42.5 Å². The summed E-state index contributed by atoms with van der Waals surface area (Å²) in [6.45, 7) is 0. The van der Waals surface area contributed by atoms with Gasteiger partial charge in [0.05, 0.1) is 14.2 Å². The Hall–Kier alpha value is -2.95. The van der Waals surface area contributed by atoms with Crippen molar-refractivity contribution >= 4 is 11.9 Å². The molecule has 2 rings (SSSR count). The number of carbonyl (C=O) groups is 1. The number of methoxy groups -OCH3 is 2. The second kappa shape index (κ2) is 6.67. The molecule has 0 aliphatic carbocycles. The first-order valence-corrected chi connectivity index (χ1v) is 6.51. The van der Waals surface area contributed by atoms with Gasteiger partial charge in [0.1, 0.15) is 28.6 Å². The Kier molecular flexibility index (Phi) is 4.68. The molecule has 0 aliphatic rings. The van der Waals surface area contributed by atoms with Crippen LogP contribution >= 0.6 is 0 Å². The van der Waals surface area contributed by atoms with Gasteiger partial charge in [0.2, 0.25) is 0 Å². The number of hydrogen-bond donors (Lipinski definition) is 2. The van der Waals surface area contributed by atoms with E-state index in [1.165, 1.54) is 25.3 Å². The summed E-state index contributed by atoms with van der Waals surface area (Å²) in [6, 6.07) is 9.66. The molecule has 0 radical (unpaired) electrons. The molecule has 114 valence electrons. The molecule has 22 heavy (non-hydrogen) atoms. The minimum atomic E-state index is -0.506. The molecule has 0 aliphatic heterocycles. The van der Waals surface area contributed by atoms with E-state index in [9.17, 15) is 15.0 Å². The molecular weight excluding hydrogens is 284 g/mol. The lowest BCUT2D eigenvalue weighted by Gasteiger charge is -2.07. The van der Waals surface area contributed by atoms with E-state index in [0.29, 0.717) is 5.75 Å². The third kappa shape index (κ3) is 3.38. The summed E-state index contributed by atoms with van der Waals surface area (Å²) in [7, 11) is 2.98. The highest BCUT2D eigenvalue weighted by Gasteiger charge is 2.15. The number of benzene rings is 2. The molecule has 2 aromatic carbocycles. The Bertz CT molecular complexity index is 678. The predicted octanol–water partition coefficient (Wildman–Crippen LogP) is 3.01. The number of carbonyl (C=O) groups excluding carboxylic acids is 1. The summed E-state index contributed by atoms with van der Waals surface area (Å²) in [5.41, 5.74) is 0.632. The molecule has 5 nitrogen and oxygen atoms in total. The zero-order valence-electron chi connectivity index (χ0n) is 12.2. The number of ether oxygens (including phenoxy) is 2. The van der Waals surface area contributed by atoms with E-state index >= 15 is 0 Å². The Morgan fingerprint density at radius 1 is 0.955 bits per heavy atom. The molecule has 0 unspecified atom stereocenters. The van der Waals surface area contributed by atoms with Gasteiger partial charge in [0.25, 0.3) is 0 Å². The van der Waals surface area contributed by atoms with Crippen molar-refractivity contribution in [2.24, 2.45) is 0 Å². The summed E-state index contributed by atoms with van der Waals surface area (Å²) in [5, 5.41) is 19.7. The van der Waals surface area contributed by atoms with Crippen molar-refractivity contribution < 1.29 is 24.5 Å². The largest absolute Gasteiger partial charge is 0.507 e. The van der Waals surface area contributed by atoms with Gasteiger partial charge in [-0.15, -0.1) is 0 Å². The normalized spacial score (nSPS) is 10.6. The molecule has 0 bridgehead atoms. The van der Waals surface area contributed by atoms with Gasteiger partial charge in [0.15, 0.2) is 5.78 Å². The van der Waals surface area contributed by atoms with Crippen LogP contribution in [-0.2, 0) is 0 Å². The van der Waals surface area contributed by atoms with Gasteiger partial charge in [-0.1, -0.05) is 18.2 Å². The first kappa shape index (κ1) is 15.4. The predicted molar refractivity (Wildman–Crippen MR) is 82.7 cm³/mol. The molecule has 0 spiro atoms. The molecule has 2 aromatic rings. The minimum Gasteiger partial charge on any atom is -0.507 e. The summed E-state index contributed by atoms with van der Waals surface area (Å²) in [5.74, 6) is -0.185. The molecule has 0 fully saturated rings. The van der Waals surface area contributed by atoms with E-state index in [1.807, 2.05) is 0 Å². The Balaban J connectivity index is 2.23. The van der Waals surface area contributed by atoms with Crippen LogP contribution in [0.2, 0.25) is 0 Å². The average Bonchev–Trinajstić information content (AvgIpc) is 2.52. The minimum absolute atomic E-state index is 0.162. The topological polar surface area (TPSA) is 76.0 Å². The average molecular weight is 300 g/mol. The van der Waals surface area contributed by atoms with Crippen LogP contribution in [0.3, 0.4) is 0 Å².